The molecule has 2 aromatic heterocycles. The highest BCUT2D eigenvalue weighted by Gasteiger charge is 2.16. The fourth-order valence-electron chi connectivity index (χ4n) is 2.90. The molecule has 0 spiro atoms. The molecule has 2 N–H and O–H groups in total. The van der Waals surface area contributed by atoms with Crippen molar-refractivity contribution in [1.29, 1.82) is 0 Å². The van der Waals surface area contributed by atoms with Gasteiger partial charge in [-0.1, -0.05) is 6.92 Å². The molecule has 0 atom stereocenters. The zero-order valence-corrected chi connectivity index (χ0v) is 19.4. The first-order valence-electron chi connectivity index (χ1n) is 9.01. The van der Waals surface area contributed by atoms with E-state index in [0.29, 0.717) is 6.54 Å². The third kappa shape index (κ3) is 6.17. The molecule has 0 bridgehead atoms. The zero-order chi connectivity index (χ0) is 17.5. The number of hydrogen-bond acceptors (Lipinski definition) is 5. The molecule has 26 heavy (non-hydrogen) atoms. The van der Waals surface area contributed by atoms with Gasteiger partial charge in [-0.3, -0.25) is 4.90 Å². The number of halogens is 1. The Morgan fingerprint density at radius 3 is 3.00 bits per heavy atom. The molecule has 5 nitrogen and oxygen atoms in total. The third-order valence-corrected chi connectivity index (χ3v) is 6.42. The van der Waals surface area contributed by atoms with Gasteiger partial charge in [-0.2, -0.15) is 0 Å². The Morgan fingerprint density at radius 1 is 1.35 bits per heavy atom. The summed E-state index contributed by atoms with van der Waals surface area (Å²) in [6, 6.07) is 2.27. The second-order valence-corrected chi connectivity index (χ2v) is 8.29. The highest BCUT2D eigenvalue weighted by molar-refractivity contribution is 14.0. The number of hydrogen-bond donors (Lipinski definition) is 2. The third-order valence-electron chi connectivity index (χ3n) is 4.27. The number of aryl methyl sites for hydroxylation is 1. The smallest absolute Gasteiger partial charge is 0.191 e. The van der Waals surface area contributed by atoms with E-state index in [1.165, 1.54) is 16.9 Å². The van der Waals surface area contributed by atoms with Crippen LogP contribution >= 0.6 is 46.7 Å². The molecule has 3 heterocycles. The van der Waals surface area contributed by atoms with Gasteiger partial charge in [-0.15, -0.1) is 46.7 Å². The highest BCUT2D eigenvalue weighted by atomic mass is 127. The first kappa shape index (κ1) is 21.6. The van der Waals surface area contributed by atoms with Crippen LogP contribution in [0.3, 0.4) is 0 Å². The normalized spacial score (nSPS) is 14.6. The van der Waals surface area contributed by atoms with E-state index in [2.05, 4.69) is 50.8 Å². The van der Waals surface area contributed by atoms with E-state index in [4.69, 9.17) is 0 Å². The summed E-state index contributed by atoms with van der Waals surface area (Å²) in [6.45, 7) is 9.94. The van der Waals surface area contributed by atoms with Crippen LogP contribution in [0.15, 0.2) is 22.6 Å². The van der Waals surface area contributed by atoms with Crippen LogP contribution in [0.5, 0.6) is 0 Å². The van der Waals surface area contributed by atoms with Gasteiger partial charge in [0.25, 0.3) is 0 Å². The number of rotatable bonds is 7. The van der Waals surface area contributed by atoms with Crippen LogP contribution in [0.2, 0.25) is 0 Å². The van der Waals surface area contributed by atoms with E-state index in [-0.39, 0.29) is 24.0 Å². The summed E-state index contributed by atoms with van der Waals surface area (Å²) >= 11 is 3.65. The minimum atomic E-state index is 0. The van der Waals surface area contributed by atoms with Gasteiger partial charge in [0.2, 0.25) is 0 Å². The number of guanidine groups is 1. The van der Waals surface area contributed by atoms with Crippen LogP contribution in [-0.2, 0) is 25.9 Å². The molecule has 3 rings (SSSR count). The molecule has 0 saturated heterocycles. The number of nitrogens with zero attached hydrogens (tertiary/aromatic N) is 3. The van der Waals surface area contributed by atoms with Crippen molar-refractivity contribution >= 4 is 52.6 Å². The molecule has 0 unspecified atom stereocenters. The minimum Gasteiger partial charge on any atom is -0.357 e. The molecule has 144 valence electrons. The van der Waals surface area contributed by atoms with Gasteiger partial charge in [0.05, 0.1) is 6.54 Å². The Labute approximate surface area is 181 Å². The predicted octanol–water partition coefficient (Wildman–Crippen LogP) is 3.50. The maximum Gasteiger partial charge on any atom is 0.191 e. The number of nitrogens with one attached hydrogen (secondary N) is 2. The van der Waals surface area contributed by atoms with E-state index in [9.17, 15) is 0 Å². The standard InChI is InChI=1S/C18H27N5S2.HI/c1-3-15-11-21-17(25-15)12-22-18(19-4-2)20-7-9-23-8-5-16-14(13-23)6-10-24-16;/h6,10-11H,3-5,7-9,12-13H2,1-2H3,(H2,19,20,22);1H. The van der Waals surface area contributed by atoms with Crippen LogP contribution < -0.4 is 10.6 Å². The molecule has 0 fully saturated rings. The maximum absolute atomic E-state index is 4.67. The SMILES string of the molecule is CCNC(=NCc1ncc(CC)s1)NCCN1CCc2sccc2C1.I. The van der Waals surface area contributed by atoms with Crippen LogP contribution in [0.4, 0.5) is 0 Å². The second-order valence-electron chi connectivity index (χ2n) is 6.09. The average molecular weight is 505 g/mol. The van der Waals surface area contributed by atoms with Gasteiger partial charge in [-0.05, 0) is 36.8 Å². The molecule has 1 aliphatic rings. The van der Waals surface area contributed by atoms with E-state index in [0.717, 1.165) is 50.1 Å². The molecule has 0 amide bonds. The Kier molecular flexibility index (Phi) is 9.30. The van der Waals surface area contributed by atoms with Crippen molar-refractivity contribution in [1.82, 2.24) is 20.5 Å². The summed E-state index contributed by atoms with van der Waals surface area (Å²) in [4.78, 5) is 14.5. The Bertz CT molecular complexity index is 697. The van der Waals surface area contributed by atoms with Crippen molar-refractivity contribution in [3.8, 4) is 0 Å². The van der Waals surface area contributed by atoms with Gasteiger partial charge in [0, 0.05) is 48.7 Å². The van der Waals surface area contributed by atoms with Gasteiger partial charge in [0.15, 0.2) is 5.96 Å². The van der Waals surface area contributed by atoms with Gasteiger partial charge < -0.3 is 10.6 Å². The average Bonchev–Trinajstić information content (AvgIpc) is 3.28. The van der Waals surface area contributed by atoms with Crippen molar-refractivity contribution in [3.05, 3.63) is 38.0 Å². The lowest BCUT2D eigenvalue weighted by Crippen LogP contribution is -2.42. The molecule has 1 aliphatic heterocycles. The predicted molar refractivity (Wildman–Crippen MR) is 123 cm³/mol. The van der Waals surface area contributed by atoms with Gasteiger partial charge >= 0.3 is 0 Å². The highest BCUT2D eigenvalue weighted by Crippen LogP contribution is 2.23. The monoisotopic (exact) mass is 505 g/mol. The quantitative estimate of drug-likeness (QED) is 0.344. The summed E-state index contributed by atoms with van der Waals surface area (Å²) in [7, 11) is 0. The van der Waals surface area contributed by atoms with Crippen LogP contribution in [0, 0.1) is 0 Å². The maximum atomic E-state index is 4.67. The van der Waals surface area contributed by atoms with Crippen molar-refractivity contribution in [2.45, 2.75) is 39.8 Å². The molecular formula is C18H28IN5S2. The van der Waals surface area contributed by atoms with E-state index >= 15 is 0 Å². The van der Waals surface area contributed by atoms with Crippen molar-refractivity contribution in [3.63, 3.8) is 0 Å². The number of thiophene rings is 1. The Balaban J connectivity index is 0.00000243. The summed E-state index contributed by atoms with van der Waals surface area (Å²) in [5.41, 5.74) is 1.51. The first-order valence-corrected chi connectivity index (χ1v) is 10.7. The lowest BCUT2D eigenvalue weighted by Gasteiger charge is -2.27. The van der Waals surface area contributed by atoms with E-state index in [1.54, 1.807) is 16.2 Å². The van der Waals surface area contributed by atoms with Gasteiger partial charge in [-0.25, -0.2) is 9.98 Å². The molecule has 0 aromatic carbocycles. The minimum absolute atomic E-state index is 0. The number of fused-ring (bicyclic) bond motifs is 1. The van der Waals surface area contributed by atoms with Crippen LogP contribution in [0.1, 0.15) is 34.2 Å². The second kappa shape index (κ2) is 11.2. The van der Waals surface area contributed by atoms with Gasteiger partial charge in [0.1, 0.15) is 5.01 Å². The number of aliphatic imine (C=N–C) groups is 1. The van der Waals surface area contributed by atoms with Crippen molar-refractivity contribution < 1.29 is 0 Å². The summed E-state index contributed by atoms with van der Waals surface area (Å²) in [6.07, 6.45) is 4.19. The van der Waals surface area contributed by atoms with Crippen molar-refractivity contribution in [2.75, 3.05) is 26.2 Å². The Morgan fingerprint density at radius 2 is 2.23 bits per heavy atom. The lowest BCUT2D eigenvalue weighted by molar-refractivity contribution is 0.260. The molecule has 0 saturated carbocycles. The van der Waals surface area contributed by atoms with E-state index < -0.39 is 0 Å². The molecule has 0 aliphatic carbocycles. The number of aromatic nitrogens is 1. The molecule has 2 aromatic rings. The summed E-state index contributed by atoms with van der Waals surface area (Å²) in [5.74, 6) is 0.879. The largest absolute Gasteiger partial charge is 0.357 e. The molecule has 8 heteroatoms. The fourth-order valence-corrected chi connectivity index (χ4v) is 4.58. The number of thiazole rings is 1. The fraction of sp³-hybridized carbons (Fsp3) is 0.556. The summed E-state index contributed by atoms with van der Waals surface area (Å²) < 4.78 is 0. The van der Waals surface area contributed by atoms with Crippen LogP contribution in [0.25, 0.3) is 0 Å². The van der Waals surface area contributed by atoms with Crippen LogP contribution in [-0.4, -0.2) is 42.0 Å². The molecule has 0 radical (unpaired) electrons. The zero-order valence-electron chi connectivity index (χ0n) is 15.5. The van der Waals surface area contributed by atoms with Crippen molar-refractivity contribution in [2.24, 2.45) is 4.99 Å². The summed E-state index contributed by atoms with van der Waals surface area (Å²) in [5, 5.41) is 10.1. The first-order chi connectivity index (χ1) is 12.3. The molecular weight excluding hydrogens is 477 g/mol. The van der Waals surface area contributed by atoms with E-state index in [1.807, 2.05) is 17.5 Å². The topological polar surface area (TPSA) is 52.6 Å². The Hall–Kier alpha value is -0.710. The lowest BCUT2D eigenvalue weighted by atomic mass is 10.1.